The first-order valence-electron chi connectivity index (χ1n) is 7.60. The van der Waals surface area contributed by atoms with Gasteiger partial charge in [-0.05, 0) is 38.4 Å². The fourth-order valence-electron chi connectivity index (χ4n) is 1.88. The van der Waals surface area contributed by atoms with Crippen LogP contribution < -0.4 is 10.1 Å². The molecule has 4 nitrogen and oxygen atoms in total. The summed E-state index contributed by atoms with van der Waals surface area (Å²) in [6, 6.07) is 4.17. The number of hydrogen-bond donors (Lipinski definition) is 1. The topological polar surface area (TPSA) is 43.4 Å². The molecule has 0 amide bonds. The molecule has 1 rings (SSSR count). The van der Waals surface area contributed by atoms with Crippen molar-refractivity contribution >= 4 is 0 Å². The van der Waals surface area contributed by atoms with Crippen LogP contribution in [0.4, 0.5) is 0 Å². The van der Waals surface area contributed by atoms with Crippen molar-refractivity contribution in [2.45, 2.75) is 53.2 Å². The summed E-state index contributed by atoms with van der Waals surface area (Å²) in [4.78, 5) is 4.54. The highest BCUT2D eigenvalue weighted by Crippen LogP contribution is 2.14. The van der Waals surface area contributed by atoms with E-state index in [-0.39, 0.29) is 6.10 Å². The molecule has 0 radical (unpaired) electrons. The molecule has 20 heavy (non-hydrogen) atoms. The predicted molar refractivity (Wildman–Crippen MR) is 82.2 cm³/mol. The van der Waals surface area contributed by atoms with E-state index in [2.05, 4.69) is 30.2 Å². The maximum Gasteiger partial charge on any atom is 0.213 e. The van der Waals surface area contributed by atoms with Gasteiger partial charge >= 0.3 is 0 Å². The molecule has 0 spiro atoms. The average molecular weight is 280 g/mol. The van der Waals surface area contributed by atoms with Crippen LogP contribution in [0.2, 0.25) is 0 Å². The van der Waals surface area contributed by atoms with Crippen LogP contribution in [0.25, 0.3) is 0 Å². The van der Waals surface area contributed by atoms with Gasteiger partial charge in [0.15, 0.2) is 0 Å². The van der Waals surface area contributed by atoms with Crippen LogP contribution in [-0.2, 0) is 17.7 Å². The fourth-order valence-corrected chi connectivity index (χ4v) is 1.88. The van der Waals surface area contributed by atoms with Crippen molar-refractivity contribution in [2.24, 2.45) is 0 Å². The summed E-state index contributed by atoms with van der Waals surface area (Å²) in [5.74, 6) is 0.705. The summed E-state index contributed by atoms with van der Waals surface area (Å²) < 4.78 is 11.2. The van der Waals surface area contributed by atoms with Crippen LogP contribution in [0.3, 0.4) is 0 Å². The van der Waals surface area contributed by atoms with Gasteiger partial charge in [-0.25, -0.2) is 4.98 Å². The average Bonchev–Trinajstić information content (AvgIpc) is 2.41. The minimum Gasteiger partial charge on any atom is -0.475 e. The number of ether oxygens (including phenoxy) is 2. The zero-order chi connectivity index (χ0) is 14.8. The van der Waals surface area contributed by atoms with Gasteiger partial charge in [0.05, 0.1) is 12.7 Å². The second kappa shape index (κ2) is 9.72. The Kier molecular flexibility index (Phi) is 8.23. The molecular weight excluding hydrogens is 252 g/mol. The Labute approximate surface area is 122 Å². The summed E-state index contributed by atoms with van der Waals surface area (Å²) in [5.41, 5.74) is 2.33. The molecule has 1 N–H and O–H groups in total. The molecule has 0 unspecified atom stereocenters. The van der Waals surface area contributed by atoms with E-state index in [0.29, 0.717) is 19.1 Å². The Hall–Kier alpha value is -1.13. The third-order valence-electron chi connectivity index (χ3n) is 2.78. The standard InChI is InChI=1S/C16H28N2O2/c1-5-7-15-10-14(12-17-6-2)11-16(18-15)20-9-8-19-13(3)4/h10-11,13,17H,5-9,12H2,1-4H3. The number of nitrogens with one attached hydrogen (secondary N) is 1. The Balaban J connectivity index is 2.60. The molecule has 0 aromatic carbocycles. The number of aromatic nitrogens is 1. The zero-order valence-corrected chi connectivity index (χ0v) is 13.2. The van der Waals surface area contributed by atoms with Gasteiger partial charge in [0, 0.05) is 18.3 Å². The molecule has 1 aromatic heterocycles. The van der Waals surface area contributed by atoms with E-state index >= 15 is 0 Å². The lowest BCUT2D eigenvalue weighted by atomic mass is 10.1. The van der Waals surface area contributed by atoms with Crippen molar-refractivity contribution in [3.63, 3.8) is 0 Å². The lowest BCUT2D eigenvalue weighted by Gasteiger charge is -2.11. The molecule has 0 saturated heterocycles. The highest BCUT2D eigenvalue weighted by atomic mass is 16.5. The molecule has 1 heterocycles. The Morgan fingerprint density at radius 3 is 2.65 bits per heavy atom. The second-order valence-electron chi connectivity index (χ2n) is 5.10. The second-order valence-corrected chi connectivity index (χ2v) is 5.10. The summed E-state index contributed by atoms with van der Waals surface area (Å²) in [7, 11) is 0. The molecule has 0 atom stereocenters. The van der Waals surface area contributed by atoms with Crippen LogP contribution in [0.5, 0.6) is 5.88 Å². The van der Waals surface area contributed by atoms with Gasteiger partial charge in [-0.2, -0.15) is 0 Å². The third kappa shape index (κ3) is 6.87. The summed E-state index contributed by atoms with van der Waals surface area (Å²) in [6.45, 7) is 11.3. The van der Waals surface area contributed by atoms with Gasteiger partial charge in [0.2, 0.25) is 5.88 Å². The smallest absolute Gasteiger partial charge is 0.213 e. The zero-order valence-electron chi connectivity index (χ0n) is 13.2. The van der Waals surface area contributed by atoms with Crippen molar-refractivity contribution in [1.82, 2.24) is 10.3 Å². The van der Waals surface area contributed by atoms with E-state index < -0.39 is 0 Å². The number of pyridine rings is 1. The van der Waals surface area contributed by atoms with Crippen molar-refractivity contribution in [3.05, 3.63) is 23.4 Å². The molecule has 0 aliphatic heterocycles. The van der Waals surface area contributed by atoms with E-state index in [9.17, 15) is 0 Å². The highest BCUT2D eigenvalue weighted by Gasteiger charge is 2.04. The van der Waals surface area contributed by atoms with Crippen LogP contribution in [-0.4, -0.2) is 30.8 Å². The molecular formula is C16H28N2O2. The number of nitrogens with zero attached hydrogens (tertiary/aromatic N) is 1. The molecule has 114 valence electrons. The van der Waals surface area contributed by atoms with Crippen LogP contribution in [0.15, 0.2) is 12.1 Å². The summed E-state index contributed by atoms with van der Waals surface area (Å²) >= 11 is 0. The molecule has 0 bridgehead atoms. The maximum atomic E-state index is 5.70. The molecule has 0 saturated carbocycles. The first kappa shape index (κ1) is 16.9. The normalized spacial score (nSPS) is 11.1. The molecule has 0 aliphatic rings. The van der Waals surface area contributed by atoms with Crippen LogP contribution in [0, 0.1) is 0 Å². The van der Waals surface area contributed by atoms with E-state index in [1.807, 2.05) is 19.9 Å². The monoisotopic (exact) mass is 280 g/mol. The largest absolute Gasteiger partial charge is 0.475 e. The Morgan fingerprint density at radius 1 is 1.20 bits per heavy atom. The van der Waals surface area contributed by atoms with Crippen molar-refractivity contribution < 1.29 is 9.47 Å². The highest BCUT2D eigenvalue weighted by molar-refractivity contribution is 5.25. The van der Waals surface area contributed by atoms with Crippen LogP contribution in [0.1, 0.15) is 45.4 Å². The van der Waals surface area contributed by atoms with Crippen LogP contribution >= 0.6 is 0 Å². The minimum atomic E-state index is 0.238. The molecule has 1 aromatic rings. The quantitative estimate of drug-likeness (QED) is 0.669. The number of rotatable bonds is 10. The summed E-state index contributed by atoms with van der Waals surface area (Å²) in [6.07, 6.45) is 2.31. The summed E-state index contributed by atoms with van der Waals surface area (Å²) in [5, 5.41) is 3.34. The number of hydrogen-bond acceptors (Lipinski definition) is 4. The van der Waals surface area contributed by atoms with E-state index in [0.717, 1.165) is 31.6 Å². The van der Waals surface area contributed by atoms with Gasteiger partial charge in [0.1, 0.15) is 6.61 Å². The Morgan fingerprint density at radius 2 is 2.00 bits per heavy atom. The van der Waals surface area contributed by atoms with Crippen molar-refractivity contribution in [1.29, 1.82) is 0 Å². The lowest BCUT2D eigenvalue weighted by molar-refractivity contribution is 0.0542. The third-order valence-corrected chi connectivity index (χ3v) is 2.78. The molecule has 0 aliphatic carbocycles. The van der Waals surface area contributed by atoms with Crippen molar-refractivity contribution in [2.75, 3.05) is 19.8 Å². The van der Waals surface area contributed by atoms with E-state index in [1.165, 1.54) is 5.56 Å². The van der Waals surface area contributed by atoms with E-state index in [4.69, 9.17) is 9.47 Å². The van der Waals surface area contributed by atoms with Gasteiger partial charge in [-0.1, -0.05) is 20.3 Å². The van der Waals surface area contributed by atoms with Gasteiger partial charge in [-0.3, -0.25) is 0 Å². The number of aryl methyl sites for hydroxylation is 1. The van der Waals surface area contributed by atoms with Gasteiger partial charge in [0.25, 0.3) is 0 Å². The SMILES string of the molecule is CCCc1cc(CNCC)cc(OCCOC(C)C)n1. The minimum absolute atomic E-state index is 0.238. The predicted octanol–water partition coefficient (Wildman–Crippen LogP) is 2.95. The van der Waals surface area contributed by atoms with Gasteiger partial charge < -0.3 is 14.8 Å². The molecule has 4 heteroatoms. The first-order valence-corrected chi connectivity index (χ1v) is 7.60. The first-order chi connectivity index (χ1) is 9.65. The van der Waals surface area contributed by atoms with E-state index in [1.54, 1.807) is 0 Å². The Bertz CT molecular complexity index is 381. The maximum absolute atomic E-state index is 5.70. The fraction of sp³-hybridized carbons (Fsp3) is 0.688. The molecule has 0 fully saturated rings. The van der Waals surface area contributed by atoms with Gasteiger partial charge in [-0.15, -0.1) is 0 Å². The lowest BCUT2D eigenvalue weighted by Crippen LogP contribution is -2.14. The van der Waals surface area contributed by atoms with Crippen molar-refractivity contribution in [3.8, 4) is 5.88 Å².